The number of aromatic nitrogens is 2. The van der Waals surface area contributed by atoms with Crippen molar-refractivity contribution in [2.45, 2.75) is 6.42 Å². The van der Waals surface area contributed by atoms with Crippen LogP contribution in [0.25, 0.3) is 5.65 Å². The maximum Gasteiger partial charge on any atom is 0.340 e. The van der Waals surface area contributed by atoms with Crippen LogP contribution in [0.4, 0.5) is 5.00 Å². The van der Waals surface area contributed by atoms with Gasteiger partial charge >= 0.3 is 5.97 Å². The smallest absolute Gasteiger partial charge is 0.340 e. The van der Waals surface area contributed by atoms with Gasteiger partial charge in [0.2, 0.25) is 5.91 Å². The molecule has 8 heteroatoms. The molecule has 0 radical (unpaired) electrons. The number of hydrogen-bond acceptors (Lipinski definition) is 5. The molecular formula is C15H12ClN3O3S. The number of thiophene rings is 1. The molecule has 3 aromatic heterocycles. The number of carbonyl (C=O) groups is 2. The number of amides is 1. The Hall–Kier alpha value is -2.38. The lowest BCUT2D eigenvalue weighted by Crippen LogP contribution is -2.16. The highest BCUT2D eigenvalue weighted by Crippen LogP contribution is 2.24. The topological polar surface area (TPSA) is 72.7 Å². The van der Waals surface area contributed by atoms with Gasteiger partial charge in [-0.15, -0.1) is 11.3 Å². The number of rotatable bonds is 4. The van der Waals surface area contributed by atoms with Crippen molar-refractivity contribution in [2.75, 3.05) is 12.4 Å². The van der Waals surface area contributed by atoms with E-state index in [2.05, 4.69) is 15.0 Å². The minimum Gasteiger partial charge on any atom is -0.465 e. The Kier molecular flexibility index (Phi) is 4.31. The lowest BCUT2D eigenvalue weighted by atomic mass is 10.3. The van der Waals surface area contributed by atoms with Crippen molar-refractivity contribution in [1.82, 2.24) is 9.38 Å². The summed E-state index contributed by atoms with van der Waals surface area (Å²) in [6.07, 6.45) is 3.56. The predicted octanol–water partition coefficient (Wildman–Crippen LogP) is 3.02. The van der Waals surface area contributed by atoms with Crippen molar-refractivity contribution < 1.29 is 14.3 Å². The number of halogens is 1. The molecule has 0 fully saturated rings. The predicted molar refractivity (Wildman–Crippen MR) is 88.2 cm³/mol. The van der Waals surface area contributed by atoms with E-state index in [1.165, 1.54) is 18.4 Å². The number of hydrogen-bond donors (Lipinski definition) is 1. The molecule has 23 heavy (non-hydrogen) atoms. The third-order valence-corrected chi connectivity index (χ3v) is 4.18. The zero-order valence-electron chi connectivity index (χ0n) is 12.1. The molecule has 0 saturated carbocycles. The van der Waals surface area contributed by atoms with Gasteiger partial charge in [0.05, 0.1) is 29.8 Å². The van der Waals surface area contributed by atoms with Gasteiger partial charge in [-0.05, 0) is 23.6 Å². The minimum atomic E-state index is -0.482. The average Bonchev–Trinajstić information content (AvgIpc) is 3.12. The summed E-state index contributed by atoms with van der Waals surface area (Å²) in [6, 6.07) is 5.12. The fourth-order valence-corrected chi connectivity index (χ4v) is 3.07. The molecular weight excluding hydrogens is 338 g/mol. The molecule has 0 aliphatic rings. The van der Waals surface area contributed by atoms with E-state index < -0.39 is 5.97 Å². The van der Waals surface area contributed by atoms with Gasteiger partial charge in [0, 0.05) is 12.4 Å². The van der Waals surface area contributed by atoms with Gasteiger partial charge in [0.1, 0.15) is 10.6 Å². The Labute approximate surface area is 140 Å². The summed E-state index contributed by atoms with van der Waals surface area (Å²) >= 11 is 7.18. The van der Waals surface area contributed by atoms with Crippen LogP contribution in [0.5, 0.6) is 0 Å². The summed E-state index contributed by atoms with van der Waals surface area (Å²) in [7, 11) is 1.30. The third-order valence-electron chi connectivity index (χ3n) is 3.13. The number of ether oxygens (including phenoxy) is 1. The molecule has 3 aromatic rings. The first kappa shape index (κ1) is 15.5. The number of nitrogens with one attached hydrogen (secondary N) is 1. The molecule has 0 aliphatic heterocycles. The number of imidazole rings is 1. The van der Waals surface area contributed by atoms with Crippen LogP contribution in [0.15, 0.2) is 36.0 Å². The maximum absolute atomic E-state index is 12.2. The monoisotopic (exact) mass is 349 g/mol. The number of esters is 1. The molecule has 1 N–H and O–H groups in total. The van der Waals surface area contributed by atoms with Crippen molar-refractivity contribution >= 4 is 45.5 Å². The van der Waals surface area contributed by atoms with Gasteiger partial charge in [0.25, 0.3) is 0 Å². The maximum atomic E-state index is 12.2. The van der Waals surface area contributed by atoms with E-state index >= 15 is 0 Å². The first-order valence-corrected chi connectivity index (χ1v) is 7.91. The Balaban J connectivity index is 1.74. The second kappa shape index (κ2) is 6.39. The number of methoxy groups -OCH3 is 1. The number of nitrogens with zero attached hydrogens (tertiary/aromatic N) is 2. The van der Waals surface area contributed by atoms with E-state index in [9.17, 15) is 9.59 Å². The molecule has 3 heterocycles. The van der Waals surface area contributed by atoms with Gasteiger partial charge in [-0.2, -0.15) is 0 Å². The molecule has 118 valence electrons. The number of fused-ring (bicyclic) bond motifs is 1. The normalized spacial score (nSPS) is 10.7. The largest absolute Gasteiger partial charge is 0.465 e. The summed E-state index contributed by atoms with van der Waals surface area (Å²) in [5.74, 6) is -0.740. The fraction of sp³-hybridized carbons (Fsp3) is 0.133. The first-order valence-electron chi connectivity index (χ1n) is 6.65. The third kappa shape index (κ3) is 3.35. The Morgan fingerprint density at radius 1 is 1.35 bits per heavy atom. The van der Waals surface area contributed by atoms with Crippen LogP contribution in [-0.2, 0) is 16.0 Å². The summed E-state index contributed by atoms with van der Waals surface area (Å²) < 4.78 is 6.43. The lowest BCUT2D eigenvalue weighted by molar-refractivity contribution is -0.115. The van der Waals surface area contributed by atoms with Crippen LogP contribution >= 0.6 is 22.9 Å². The molecule has 0 aromatic carbocycles. The average molecular weight is 350 g/mol. The van der Waals surface area contributed by atoms with E-state index in [0.717, 1.165) is 0 Å². The molecule has 0 spiro atoms. The first-order chi connectivity index (χ1) is 11.1. The highest BCUT2D eigenvalue weighted by atomic mass is 35.5. The summed E-state index contributed by atoms with van der Waals surface area (Å²) in [4.78, 5) is 28.1. The molecule has 3 rings (SSSR count). The van der Waals surface area contributed by atoms with Crippen LogP contribution in [0.3, 0.4) is 0 Å². The molecule has 0 aliphatic carbocycles. The van der Waals surface area contributed by atoms with Crippen LogP contribution in [0.1, 0.15) is 16.1 Å². The van der Waals surface area contributed by atoms with Gasteiger partial charge in [-0.25, -0.2) is 9.78 Å². The number of anilines is 1. The van der Waals surface area contributed by atoms with E-state index in [0.29, 0.717) is 26.9 Å². The van der Waals surface area contributed by atoms with Crippen LogP contribution in [0, 0.1) is 0 Å². The van der Waals surface area contributed by atoms with E-state index in [1.54, 1.807) is 40.4 Å². The molecule has 0 saturated heterocycles. The molecule has 0 bridgehead atoms. The quantitative estimate of drug-likeness (QED) is 0.735. The van der Waals surface area contributed by atoms with Crippen molar-refractivity contribution in [2.24, 2.45) is 0 Å². The Bertz CT molecular complexity index is 887. The van der Waals surface area contributed by atoms with Gasteiger partial charge in [-0.1, -0.05) is 11.6 Å². The molecule has 1 amide bonds. The summed E-state index contributed by atoms with van der Waals surface area (Å²) in [6.45, 7) is 0. The Morgan fingerprint density at radius 3 is 2.96 bits per heavy atom. The molecule has 0 atom stereocenters. The van der Waals surface area contributed by atoms with Crippen molar-refractivity contribution in [3.63, 3.8) is 0 Å². The minimum absolute atomic E-state index is 0.0951. The van der Waals surface area contributed by atoms with Crippen LogP contribution in [-0.4, -0.2) is 28.4 Å². The summed E-state index contributed by atoms with van der Waals surface area (Å²) in [5.41, 5.74) is 1.66. The Morgan fingerprint density at radius 2 is 2.17 bits per heavy atom. The van der Waals surface area contributed by atoms with Gasteiger partial charge in [0.15, 0.2) is 0 Å². The number of carbonyl (C=O) groups excluding carboxylic acids is 2. The second-order valence-electron chi connectivity index (χ2n) is 4.72. The second-order valence-corrected chi connectivity index (χ2v) is 6.08. The van der Waals surface area contributed by atoms with E-state index in [-0.39, 0.29) is 12.3 Å². The number of pyridine rings is 1. The SMILES string of the molecule is COC(=O)c1ccsc1NC(=O)Cc1cn2cc(Cl)ccc2n1. The zero-order valence-corrected chi connectivity index (χ0v) is 13.6. The highest BCUT2D eigenvalue weighted by Gasteiger charge is 2.16. The van der Waals surface area contributed by atoms with Crippen molar-refractivity contribution in [3.8, 4) is 0 Å². The fourth-order valence-electron chi connectivity index (χ4n) is 2.11. The van der Waals surface area contributed by atoms with Crippen molar-refractivity contribution in [1.29, 1.82) is 0 Å². The van der Waals surface area contributed by atoms with Crippen LogP contribution in [0.2, 0.25) is 5.02 Å². The van der Waals surface area contributed by atoms with Gasteiger partial charge in [-0.3, -0.25) is 4.79 Å². The van der Waals surface area contributed by atoms with E-state index in [4.69, 9.17) is 11.6 Å². The van der Waals surface area contributed by atoms with Crippen LogP contribution < -0.4 is 5.32 Å². The lowest BCUT2D eigenvalue weighted by Gasteiger charge is -2.04. The molecule has 6 nitrogen and oxygen atoms in total. The van der Waals surface area contributed by atoms with E-state index in [1.807, 2.05) is 0 Å². The summed E-state index contributed by atoms with van der Waals surface area (Å²) in [5, 5.41) is 5.49. The highest BCUT2D eigenvalue weighted by molar-refractivity contribution is 7.14. The standard InChI is InChI=1S/C15H12ClN3O3S/c1-22-15(21)11-4-5-23-14(11)18-13(20)6-10-8-19-7-9(16)2-3-12(19)17-10/h2-5,7-8H,6H2,1H3,(H,18,20). The van der Waals surface area contributed by atoms with Crippen molar-refractivity contribution in [3.05, 3.63) is 52.3 Å². The van der Waals surface area contributed by atoms with Gasteiger partial charge < -0.3 is 14.5 Å². The molecule has 0 unspecified atom stereocenters. The zero-order chi connectivity index (χ0) is 16.4.